The summed E-state index contributed by atoms with van der Waals surface area (Å²) in [4.78, 5) is 0.902. The number of benzene rings is 1. The van der Waals surface area contributed by atoms with Crippen LogP contribution in [0.3, 0.4) is 0 Å². The Labute approximate surface area is 101 Å². The SMILES string of the molecule is NCc1snnc1-c1cccc(Cl)c1Cl. The van der Waals surface area contributed by atoms with E-state index >= 15 is 0 Å². The minimum absolute atomic E-state index is 0.399. The Morgan fingerprint density at radius 3 is 2.87 bits per heavy atom. The van der Waals surface area contributed by atoms with E-state index in [-0.39, 0.29) is 0 Å². The average molecular weight is 260 g/mol. The molecule has 2 N–H and O–H groups in total. The monoisotopic (exact) mass is 259 g/mol. The van der Waals surface area contributed by atoms with Crippen molar-refractivity contribution in [2.45, 2.75) is 6.54 Å². The van der Waals surface area contributed by atoms with E-state index in [4.69, 9.17) is 28.9 Å². The van der Waals surface area contributed by atoms with Crippen LogP contribution in [0.15, 0.2) is 18.2 Å². The highest BCUT2D eigenvalue weighted by molar-refractivity contribution is 7.06. The lowest BCUT2D eigenvalue weighted by molar-refractivity contribution is 1.08. The minimum atomic E-state index is 0.399. The van der Waals surface area contributed by atoms with Crippen LogP contribution in [-0.4, -0.2) is 9.59 Å². The minimum Gasteiger partial charge on any atom is -0.326 e. The van der Waals surface area contributed by atoms with Crippen molar-refractivity contribution in [3.8, 4) is 11.3 Å². The summed E-state index contributed by atoms with van der Waals surface area (Å²) in [5.74, 6) is 0. The van der Waals surface area contributed by atoms with Crippen molar-refractivity contribution in [2.75, 3.05) is 0 Å². The van der Waals surface area contributed by atoms with Gasteiger partial charge in [-0.15, -0.1) is 5.10 Å². The molecule has 0 atom stereocenters. The molecule has 0 amide bonds. The number of nitrogens with two attached hydrogens (primary N) is 1. The van der Waals surface area contributed by atoms with Crippen LogP contribution in [0.4, 0.5) is 0 Å². The molecule has 78 valence electrons. The highest BCUT2D eigenvalue weighted by atomic mass is 35.5. The van der Waals surface area contributed by atoms with Crippen LogP contribution in [0.25, 0.3) is 11.3 Å². The first kappa shape index (κ1) is 10.8. The van der Waals surface area contributed by atoms with Gasteiger partial charge >= 0.3 is 0 Å². The summed E-state index contributed by atoms with van der Waals surface area (Å²) in [7, 11) is 0. The molecular formula is C9H7Cl2N3S. The molecule has 0 radical (unpaired) electrons. The molecule has 0 spiro atoms. The zero-order valence-electron chi connectivity index (χ0n) is 7.58. The van der Waals surface area contributed by atoms with Gasteiger partial charge in [0.2, 0.25) is 0 Å². The third-order valence-corrected chi connectivity index (χ3v) is 3.51. The Morgan fingerprint density at radius 1 is 1.33 bits per heavy atom. The quantitative estimate of drug-likeness (QED) is 0.903. The summed E-state index contributed by atoms with van der Waals surface area (Å²) >= 11 is 13.3. The molecule has 1 heterocycles. The van der Waals surface area contributed by atoms with Crippen LogP contribution < -0.4 is 5.73 Å². The molecule has 1 aromatic heterocycles. The molecule has 0 aliphatic rings. The Balaban J connectivity index is 2.59. The fourth-order valence-electron chi connectivity index (χ4n) is 1.23. The number of rotatable bonds is 2. The normalized spacial score (nSPS) is 10.6. The molecular weight excluding hydrogens is 253 g/mol. The van der Waals surface area contributed by atoms with Crippen LogP contribution in [0, 0.1) is 0 Å². The van der Waals surface area contributed by atoms with E-state index in [0.29, 0.717) is 16.6 Å². The lowest BCUT2D eigenvalue weighted by Gasteiger charge is -2.03. The van der Waals surface area contributed by atoms with Gasteiger partial charge < -0.3 is 5.73 Å². The van der Waals surface area contributed by atoms with E-state index in [1.165, 1.54) is 11.5 Å². The molecule has 15 heavy (non-hydrogen) atoms. The van der Waals surface area contributed by atoms with Crippen molar-refractivity contribution >= 4 is 34.7 Å². The van der Waals surface area contributed by atoms with Crippen LogP contribution >= 0.6 is 34.7 Å². The first-order valence-electron chi connectivity index (χ1n) is 4.19. The fraction of sp³-hybridized carbons (Fsp3) is 0.111. The average Bonchev–Trinajstić information content (AvgIpc) is 2.70. The summed E-state index contributed by atoms with van der Waals surface area (Å²) in [5, 5.41) is 5.00. The Kier molecular flexibility index (Phi) is 3.21. The maximum atomic E-state index is 6.08. The third-order valence-electron chi connectivity index (χ3n) is 1.95. The predicted molar refractivity (Wildman–Crippen MR) is 63.3 cm³/mol. The van der Waals surface area contributed by atoms with Gasteiger partial charge in [-0.05, 0) is 17.6 Å². The van der Waals surface area contributed by atoms with Gasteiger partial charge in [-0.3, -0.25) is 0 Å². The second kappa shape index (κ2) is 4.45. The van der Waals surface area contributed by atoms with Crippen LogP contribution in [0.2, 0.25) is 10.0 Å². The molecule has 1 aromatic carbocycles. The van der Waals surface area contributed by atoms with Gasteiger partial charge in [0, 0.05) is 12.1 Å². The van der Waals surface area contributed by atoms with Gasteiger partial charge in [-0.2, -0.15) is 0 Å². The second-order valence-electron chi connectivity index (χ2n) is 2.85. The maximum Gasteiger partial charge on any atom is 0.111 e. The molecule has 0 unspecified atom stereocenters. The number of nitrogens with zero attached hydrogens (tertiary/aromatic N) is 2. The van der Waals surface area contributed by atoms with Crippen molar-refractivity contribution in [3.05, 3.63) is 33.1 Å². The summed E-state index contributed by atoms with van der Waals surface area (Å²) in [6.07, 6.45) is 0. The molecule has 6 heteroatoms. The first-order chi connectivity index (χ1) is 7.24. The number of aromatic nitrogens is 2. The topological polar surface area (TPSA) is 51.8 Å². The summed E-state index contributed by atoms with van der Waals surface area (Å²) < 4.78 is 3.85. The van der Waals surface area contributed by atoms with Crippen LogP contribution in [-0.2, 0) is 6.54 Å². The molecule has 0 aliphatic carbocycles. The van der Waals surface area contributed by atoms with Gasteiger partial charge in [-0.1, -0.05) is 39.8 Å². The summed E-state index contributed by atoms with van der Waals surface area (Å²) in [6, 6.07) is 5.41. The lowest BCUT2D eigenvalue weighted by atomic mass is 10.1. The first-order valence-corrected chi connectivity index (χ1v) is 5.72. The molecule has 2 rings (SSSR count). The van der Waals surface area contributed by atoms with E-state index in [9.17, 15) is 0 Å². The van der Waals surface area contributed by atoms with Crippen molar-refractivity contribution in [1.29, 1.82) is 0 Å². The number of hydrogen-bond acceptors (Lipinski definition) is 4. The van der Waals surface area contributed by atoms with E-state index in [2.05, 4.69) is 9.59 Å². The van der Waals surface area contributed by atoms with Crippen molar-refractivity contribution < 1.29 is 0 Å². The van der Waals surface area contributed by atoms with Gasteiger partial charge in [0.15, 0.2) is 0 Å². The molecule has 0 fully saturated rings. The predicted octanol–water partition coefficient (Wildman–Crippen LogP) is 2.97. The highest BCUT2D eigenvalue weighted by Gasteiger charge is 2.13. The van der Waals surface area contributed by atoms with Crippen LogP contribution in [0.1, 0.15) is 4.88 Å². The number of halogens is 2. The molecule has 3 nitrogen and oxygen atoms in total. The highest BCUT2D eigenvalue weighted by Crippen LogP contribution is 2.34. The van der Waals surface area contributed by atoms with Crippen LogP contribution in [0.5, 0.6) is 0 Å². The Hall–Kier alpha value is -0.680. The summed E-state index contributed by atoms with van der Waals surface area (Å²) in [6.45, 7) is 0.399. The zero-order chi connectivity index (χ0) is 10.8. The van der Waals surface area contributed by atoms with E-state index in [0.717, 1.165) is 16.1 Å². The summed E-state index contributed by atoms with van der Waals surface area (Å²) in [5.41, 5.74) is 7.07. The maximum absolute atomic E-state index is 6.08. The van der Waals surface area contributed by atoms with Crippen molar-refractivity contribution in [3.63, 3.8) is 0 Å². The van der Waals surface area contributed by atoms with E-state index < -0.39 is 0 Å². The number of hydrogen-bond donors (Lipinski definition) is 1. The van der Waals surface area contributed by atoms with E-state index in [1.807, 2.05) is 12.1 Å². The molecule has 2 aromatic rings. The van der Waals surface area contributed by atoms with Gasteiger partial charge in [0.25, 0.3) is 0 Å². The molecule has 0 aliphatic heterocycles. The lowest BCUT2D eigenvalue weighted by Crippen LogP contribution is -1.95. The smallest absolute Gasteiger partial charge is 0.111 e. The van der Waals surface area contributed by atoms with Gasteiger partial charge in [0.1, 0.15) is 5.69 Å². The molecule has 0 bridgehead atoms. The van der Waals surface area contributed by atoms with Crippen molar-refractivity contribution in [1.82, 2.24) is 9.59 Å². The third kappa shape index (κ3) is 1.99. The van der Waals surface area contributed by atoms with Crippen molar-refractivity contribution in [2.24, 2.45) is 5.73 Å². The Morgan fingerprint density at radius 2 is 2.13 bits per heavy atom. The van der Waals surface area contributed by atoms with Gasteiger partial charge in [-0.25, -0.2) is 0 Å². The fourth-order valence-corrected chi connectivity index (χ4v) is 2.16. The Bertz CT molecular complexity index is 484. The standard InChI is InChI=1S/C9H7Cl2N3S/c10-6-3-1-2-5(8(6)11)9-7(4-12)15-14-13-9/h1-3H,4,12H2. The van der Waals surface area contributed by atoms with E-state index in [1.54, 1.807) is 6.07 Å². The zero-order valence-corrected chi connectivity index (χ0v) is 9.90. The molecule has 0 saturated carbocycles. The van der Waals surface area contributed by atoms with Gasteiger partial charge in [0.05, 0.1) is 14.9 Å². The largest absolute Gasteiger partial charge is 0.326 e. The molecule has 0 saturated heterocycles. The second-order valence-corrected chi connectivity index (χ2v) is 4.47.